The monoisotopic (exact) mass is 268 g/mol. The maximum atomic E-state index is 11.7. The van der Waals surface area contributed by atoms with Crippen LogP contribution in [0.5, 0.6) is 0 Å². The second-order valence-electron chi connectivity index (χ2n) is 4.40. The van der Waals surface area contributed by atoms with Gasteiger partial charge in [0, 0.05) is 45.0 Å². The zero-order valence-electron chi connectivity index (χ0n) is 11.7. The van der Waals surface area contributed by atoms with Gasteiger partial charge in [-0.3, -0.25) is 9.48 Å². The van der Waals surface area contributed by atoms with Gasteiger partial charge in [-0.15, -0.1) is 0 Å². The van der Waals surface area contributed by atoms with Crippen LogP contribution in [-0.2, 0) is 11.3 Å². The highest BCUT2D eigenvalue weighted by atomic mass is 16.3. The normalized spacial score (nSPS) is 12.4. The van der Waals surface area contributed by atoms with Crippen molar-refractivity contribution < 1.29 is 9.90 Å². The van der Waals surface area contributed by atoms with Crippen molar-refractivity contribution in [1.82, 2.24) is 20.0 Å². The number of aliphatic hydroxyl groups is 1. The van der Waals surface area contributed by atoms with Crippen molar-refractivity contribution in [3.8, 4) is 0 Å². The summed E-state index contributed by atoms with van der Waals surface area (Å²) in [5, 5.41) is 16.9. The third-order valence-electron chi connectivity index (χ3n) is 2.97. The predicted octanol–water partition coefficient (Wildman–Crippen LogP) is 0.0921. The molecule has 0 aliphatic rings. The van der Waals surface area contributed by atoms with Gasteiger partial charge in [-0.05, 0) is 19.9 Å². The molecule has 108 valence electrons. The first kappa shape index (κ1) is 15.7. The van der Waals surface area contributed by atoms with Crippen LogP contribution in [0.15, 0.2) is 18.5 Å². The van der Waals surface area contributed by atoms with Crippen molar-refractivity contribution in [2.24, 2.45) is 0 Å². The van der Waals surface area contributed by atoms with Gasteiger partial charge in [0.2, 0.25) is 5.91 Å². The number of amides is 1. The largest absolute Gasteiger partial charge is 0.390 e. The van der Waals surface area contributed by atoms with E-state index in [2.05, 4.69) is 10.4 Å². The molecule has 1 unspecified atom stereocenters. The van der Waals surface area contributed by atoms with E-state index in [4.69, 9.17) is 0 Å². The summed E-state index contributed by atoms with van der Waals surface area (Å²) in [4.78, 5) is 13.5. The van der Waals surface area contributed by atoms with E-state index in [1.807, 2.05) is 31.0 Å². The lowest BCUT2D eigenvalue weighted by Crippen LogP contribution is -2.35. The molecule has 1 rings (SSSR count). The van der Waals surface area contributed by atoms with Crippen LogP contribution in [0.25, 0.3) is 0 Å². The van der Waals surface area contributed by atoms with Crippen molar-refractivity contribution in [3.63, 3.8) is 0 Å². The second kappa shape index (κ2) is 8.66. The zero-order valence-corrected chi connectivity index (χ0v) is 11.7. The average molecular weight is 268 g/mol. The first-order chi connectivity index (χ1) is 9.17. The Labute approximate surface area is 114 Å². The number of carbonyl (C=O) groups is 1. The van der Waals surface area contributed by atoms with E-state index in [0.29, 0.717) is 26.1 Å². The number of hydrogen-bond acceptors (Lipinski definition) is 4. The van der Waals surface area contributed by atoms with Crippen molar-refractivity contribution in [2.75, 3.05) is 26.2 Å². The van der Waals surface area contributed by atoms with Crippen LogP contribution in [-0.4, -0.2) is 58.0 Å². The summed E-state index contributed by atoms with van der Waals surface area (Å²) in [7, 11) is 0. The Morgan fingerprint density at radius 1 is 1.47 bits per heavy atom. The quantitative estimate of drug-likeness (QED) is 0.623. The molecular formula is C13H24N4O2. The molecule has 1 amide bonds. The summed E-state index contributed by atoms with van der Waals surface area (Å²) in [6.07, 6.45) is 3.47. The molecule has 1 heterocycles. The minimum Gasteiger partial charge on any atom is -0.390 e. The van der Waals surface area contributed by atoms with Gasteiger partial charge in [-0.1, -0.05) is 0 Å². The van der Waals surface area contributed by atoms with Crippen LogP contribution in [0.4, 0.5) is 0 Å². The number of carbonyl (C=O) groups excluding carboxylic acids is 1. The Morgan fingerprint density at radius 3 is 2.79 bits per heavy atom. The van der Waals surface area contributed by atoms with Gasteiger partial charge in [0.1, 0.15) is 0 Å². The van der Waals surface area contributed by atoms with Crippen molar-refractivity contribution in [2.45, 2.75) is 32.9 Å². The van der Waals surface area contributed by atoms with E-state index in [1.54, 1.807) is 10.9 Å². The Kier molecular flexibility index (Phi) is 7.14. The topological polar surface area (TPSA) is 70.4 Å². The fourth-order valence-corrected chi connectivity index (χ4v) is 1.89. The Morgan fingerprint density at radius 2 is 2.21 bits per heavy atom. The van der Waals surface area contributed by atoms with Crippen LogP contribution in [0.3, 0.4) is 0 Å². The highest BCUT2D eigenvalue weighted by Crippen LogP contribution is 1.93. The first-order valence-corrected chi connectivity index (χ1v) is 6.81. The van der Waals surface area contributed by atoms with Crippen LogP contribution >= 0.6 is 0 Å². The van der Waals surface area contributed by atoms with E-state index < -0.39 is 6.10 Å². The van der Waals surface area contributed by atoms with Gasteiger partial charge >= 0.3 is 0 Å². The van der Waals surface area contributed by atoms with E-state index in [0.717, 1.165) is 13.1 Å². The lowest BCUT2D eigenvalue weighted by Gasteiger charge is -2.19. The zero-order chi connectivity index (χ0) is 14.1. The third kappa shape index (κ3) is 5.85. The first-order valence-electron chi connectivity index (χ1n) is 6.81. The van der Waals surface area contributed by atoms with Gasteiger partial charge < -0.3 is 15.3 Å². The molecular weight excluding hydrogens is 244 g/mol. The Bertz CT molecular complexity index is 350. The number of hydrogen-bond donors (Lipinski definition) is 2. The molecule has 0 saturated carbocycles. The maximum absolute atomic E-state index is 11.7. The van der Waals surface area contributed by atoms with Gasteiger partial charge in [-0.2, -0.15) is 5.10 Å². The van der Waals surface area contributed by atoms with Crippen LogP contribution in [0, 0.1) is 0 Å². The molecule has 0 radical (unpaired) electrons. The smallest absolute Gasteiger partial charge is 0.223 e. The number of aromatic nitrogens is 2. The fraction of sp³-hybridized carbons (Fsp3) is 0.692. The van der Waals surface area contributed by atoms with Gasteiger partial charge in [0.05, 0.1) is 12.6 Å². The Balaban J connectivity index is 2.11. The van der Waals surface area contributed by atoms with Crippen LogP contribution < -0.4 is 5.32 Å². The van der Waals surface area contributed by atoms with Gasteiger partial charge in [-0.25, -0.2) is 0 Å². The molecule has 6 heteroatoms. The minimum absolute atomic E-state index is 0.152. The molecule has 1 aromatic rings. The summed E-state index contributed by atoms with van der Waals surface area (Å²) in [6.45, 7) is 6.96. The lowest BCUT2D eigenvalue weighted by atomic mass is 10.3. The number of nitrogens with one attached hydrogen (secondary N) is 1. The Hall–Kier alpha value is -1.40. The fourth-order valence-electron chi connectivity index (χ4n) is 1.89. The molecule has 6 nitrogen and oxygen atoms in total. The van der Waals surface area contributed by atoms with Crippen molar-refractivity contribution >= 4 is 5.91 Å². The van der Waals surface area contributed by atoms with Crippen LogP contribution in [0.2, 0.25) is 0 Å². The maximum Gasteiger partial charge on any atom is 0.223 e. The molecule has 0 spiro atoms. The number of rotatable bonds is 9. The van der Waals surface area contributed by atoms with E-state index in [1.165, 1.54) is 0 Å². The highest BCUT2D eigenvalue weighted by Gasteiger charge is 2.09. The van der Waals surface area contributed by atoms with Gasteiger partial charge in [0.15, 0.2) is 0 Å². The molecule has 0 bridgehead atoms. The van der Waals surface area contributed by atoms with Crippen LogP contribution in [0.1, 0.15) is 20.3 Å². The summed E-state index contributed by atoms with van der Waals surface area (Å²) in [6, 6.07) is 1.82. The SMILES string of the molecule is CCN(CC)C(=O)CCNCC(O)Cn1cccn1. The van der Waals surface area contributed by atoms with E-state index in [9.17, 15) is 9.90 Å². The predicted molar refractivity (Wildman–Crippen MR) is 73.6 cm³/mol. The standard InChI is InChI=1S/C13H24N4O2/c1-3-16(4-2)13(19)6-8-14-10-12(18)11-17-9-5-7-15-17/h5,7,9,12,14,18H,3-4,6,8,10-11H2,1-2H3. The number of aliphatic hydroxyl groups excluding tert-OH is 1. The molecule has 0 fully saturated rings. The van der Waals surface area contributed by atoms with Crippen molar-refractivity contribution in [3.05, 3.63) is 18.5 Å². The molecule has 0 aromatic carbocycles. The third-order valence-corrected chi connectivity index (χ3v) is 2.97. The molecule has 19 heavy (non-hydrogen) atoms. The molecule has 0 saturated heterocycles. The summed E-state index contributed by atoms with van der Waals surface area (Å²) < 4.78 is 1.69. The van der Waals surface area contributed by atoms with E-state index >= 15 is 0 Å². The van der Waals surface area contributed by atoms with E-state index in [-0.39, 0.29) is 5.91 Å². The summed E-state index contributed by atoms with van der Waals surface area (Å²) in [5.41, 5.74) is 0. The second-order valence-corrected chi connectivity index (χ2v) is 4.40. The average Bonchev–Trinajstić information content (AvgIpc) is 2.89. The molecule has 1 aromatic heterocycles. The highest BCUT2D eigenvalue weighted by molar-refractivity contribution is 5.76. The summed E-state index contributed by atoms with van der Waals surface area (Å²) in [5.74, 6) is 0.152. The summed E-state index contributed by atoms with van der Waals surface area (Å²) >= 11 is 0. The molecule has 0 aliphatic carbocycles. The van der Waals surface area contributed by atoms with Gasteiger partial charge in [0.25, 0.3) is 0 Å². The molecule has 0 aliphatic heterocycles. The number of nitrogens with zero attached hydrogens (tertiary/aromatic N) is 3. The van der Waals surface area contributed by atoms with Crippen molar-refractivity contribution in [1.29, 1.82) is 0 Å². The lowest BCUT2D eigenvalue weighted by molar-refractivity contribution is -0.130. The molecule has 1 atom stereocenters. The minimum atomic E-state index is -0.497. The molecule has 2 N–H and O–H groups in total.